The molecule has 0 atom stereocenters. The van der Waals surface area contributed by atoms with E-state index in [0.717, 1.165) is 28.1 Å². The molecule has 0 fully saturated rings. The lowest BCUT2D eigenvalue weighted by Gasteiger charge is -2.09. The first-order chi connectivity index (χ1) is 12.3. The van der Waals surface area contributed by atoms with E-state index in [-0.39, 0.29) is 5.91 Å². The molecule has 0 aromatic carbocycles. The van der Waals surface area contributed by atoms with Crippen LogP contribution in [-0.2, 0) is 6.54 Å². The molecule has 7 heteroatoms. The van der Waals surface area contributed by atoms with Gasteiger partial charge in [0.1, 0.15) is 10.5 Å². The van der Waals surface area contributed by atoms with Crippen molar-refractivity contribution in [3.05, 3.63) is 70.9 Å². The molecule has 25 heavy (non-hydrogen) atoms. The Morgan fingerprint density at radius 1 is 1.08 bits per heavy atom. The summed E-state index contributed by atoms with van der Waals surface area (Å²) in [5, 5.41) is 9.12. The van der Waals surface area contributed by atoms with Crippen LogP contribution in [0.15, 0.2) is 60.4 Å². The van der Waals surface area contributed by atoms with Crippen molar-refractivity contribution in [3.8, 4) is 0 Å². The Hall–Kier alpha value is -3.19. The number of aromatic amines is 1. The van der Waals surface area contributed by atoms with Crippen molar-refractivity contribution in [2.75, 3.05) is 5.32 Å². The monoisotopic (exact) mass is 349 g/mol. The summed E-state index contributed by atoms with van der Waals surface area (Å²) in [5.41, 5.74) is 3.31. The number of H-pyrrole nitrogens is 1. The fourth-order valence-corrected chi connectivity index (χ4v) is 3.32. The van der Waals surface area contributed by atoms with Gasteiger partial charge in [0.2, 0.25) is 0 Å². The van der Waals surface area contributed by atoms with Crippen LogP contribution in [-0.4, -0.2) is 20.9 Å². The molecule has 0 spiro atoms. The molecule has 4 heterocycles. The van der Waals surface area contributed by atoms with Gasteiger partial charge in [0.05, 0.1) is 23.6 Å². The third-order valence-electron chi connectivity index (χ3n) is 3.76. The second kappa shape index (κ2) is 6.74. The topological polar surface area (TPSA) is 82.7 Å². The molecule has 124 valence electrons. The summed E-state index contributed by atoms with van der Waals surface area (Å²) >= 11 is 1.40. The smallest absolute Gasteiger partial charge is 0.263 e. The molecule has 0 bridgehead atoms. The van der Waals surface area contributed by atoms with Crippen molar-refractivity contribution in [2.24, 2.45) is 0 Å². The minimum absolute atomic E-state index is 0.123. The lowest BCUT2D eigenvalue weighted by atomic mass is 10.2. The van der Waals surface area contributed by atoms with Gasteiger partial charge >= 0.3 is 0 Å². The minimum atomic E-state index is -0.123. The molecule has 4 aromatic heterocycles. The zero-order chi connectivity index (χ0) is 17.1. The summed E-state index contributed by atoms with van der Waals surface area (Å²) < 4.78 is 0. The maximum atomic E-state index is 12.5. The second-order valence-corrected chi connectivity index (χ2v) is 6.31. The molecule has 0 aliphatic rings. The molecule has 0 saturated carbocycles. The normalized spacial score (nSPS) is 10.7. The molecule has 6 nitrogen and oxygen atoms in total. The van der Waals surface area contributed by atoms with E-state index in [1.54, 1.807) is 12.4 Å². The maximum absolute atomic E-state index is 12.5. The lowest BCUT2D eigenvalue weighted by molar-refractivity contribution is 0.0955. The molecule has 0 unspecified atom stereocenters. The number of fused-ring (bicyclic) bond motifs is 1. The Kier molecular flexibility index (Phi) is 4.14. The van der Waals surface area contributed by atoms with E-state index in [0.29, 0.717) is 11.4 Å². The molecule has 4 aromatic rings. The van der Waals surface area contributed by atoms with E-state index in [9.17, 15) is 4.79 Å². The fourth-order valence-electron chi connectivity index (χ4n) is 2.55. The van der Waals surface area contributed by atoms with Crippen LogP contribution in [0.3, 0.4) is 0 Å². The number of hydrogen-bond acceptors (Lipinski definition) is 5. The number of nitrogens with one attached hydrogen (secondary N) is 3. The van der Waals surface area contributed by atoms with Crippen molar-refractivity contribution in [2.45, 2.75) is 6.54 Å². The highest BCUT2D eigenvalue weighted by molar-refractivity contribution is 7.12. The van der Waals surface area contributed by atoms with Crippen LogP contribution in [0.25, 0.3) is 11.0 Å². The van der Waals surface area contributed by atoms with E-state index >= 15 is 0 Å². The number of nitrogens with zero attached hydrogens (tertiary/aromatic N) is 2. The molecule has 1 amide bonds. The van der Waals surface area contributed by atoms with Crippen LogP contribution < -0.4 is 10.6 Å². The van der Waals surface area contributed by atoms with Crippen molar-refractivity contribution >= 4 is 39.7 Å². The van der Waals surface area contributed by atoms with Gasteiger partial charge in [0.25, 0.3) is 5.91 Å². The van der Waals surface area contributed by atoms with Crippen LogP contribution >= 0.6 is 11.3 Å². The average Bonchev–Trinajstić information content (AvgIpc) is 3.30. The van der Waals surface area contributed by atoms with Gasteiger partial charge in [0, 0.05) is 24.0 Å². The first-order valence-corrected chi connectivity index (χ1v) is 8.64. The summed E-state index contributed by atoms with van der Waals surface area (Å²) in [4.78, 5) is 24.7. The van der Waals surface area contributed by atoms with Gasteiger partial charge in [0.15, 0.2) is 0 Å². The molecule has 4 rings (SSSR count). The van der Waals surface area contributed by atoms with E-state index < -0.39 is 0 Å². The highest BCUT2D eigenvalue weighted by Gasteiger charge is 2.14. The molecule has 0 saturated heterocycles. The average molecular weight is 349 g/mol. The maximum Gasteiger partial charge on any atom is 0.263 e. The number of aromatic nitrogens is 3. The molecule has 0 radical (unpaired) electrons. The summed E-state index contributed by atoms with van der Waals surface area (Å²) in [6.45, 7) is 0.397. The summed E-state index contributed by atoms with van der Waals surface area (Å²) in [5.74, 6) is -0.123. The van der Waals surface area contributed by atoms with Crippen LogP contribution in [0.5, 0.6) is 0 Å². The van der Waals surface area contributed by atoms with E-state index in [4.69, 9.17) is 0 Å². The van der Waals surface area contributed by atoms with Gasteiger partial charge in [-0.3, -0.25) is 9.78 Å². The SMILES string of the molecule is O=C(NCc1ccccn1)c1sccc1Nc1ccnc2[nH]ccc12. The quantitative estimate of drug-likeness (QED) is 0.513. The van der Waals surface area contributed by atoms with Gasteiger partial charge in [-0.2, -0.15) is 0 Å². The molecule has 3 N–H and O–H groups in total. The Balaban J connectivity index is 1.52. The van der Waals surface area contributed by atoms with E-state index in [1.807, 2.05) is 48.0 Å². The summed E-state index contributed by atoms with van der Waals surface area (Å²) in [7, 11) is 0. The third kappa shape index (κ3) is 3.22. The molecule has 0 aliphatic carbocycles. The molecule has 0 aliphatic heterocycles. The highest BCUT2D eigenvalue weighted by atomic mass is 32.1. The summed E-state index contributed by atoms with van der Waals surface area (Å²) in [6.07, 6.45) is 5.29. The standard InChI is InChI=1S/C18H15N5OS/c24-18(22-11-12-3-1-2-7-19-12)16-15(6-10-25-16)23-14-5-9-21-17-13(14)4-8-20-17/h1-10H,11H2,(H,22,24)(H2,20,21,23). The van der Waals surface area contributed by atoms with Crippen LogP contribution in [0.4, 0.5) is 11.4 Å². The Morgan fingerprint density at radius 3 is 2.92 bits per heavy atom. The zero-order valence-corrected chi connectivity index (χ0v) is 14.0. The van der Waals surface area contributed by atoms with Gasteiger partial charge in [-0.1, -0.05) is 6.07 Å². The van der Waals surface area contributed by atoms with Crippen LogP contribution in [0.1, 0.15) is 15.4 Å². The van der Waals surface area contributed by atoms with Crippen molar-refractivity contribution in [3.63, 3.8) is 0 Å². The number of carbonyl (C=O) groups excluding carboxylic acids is 1. The molecular weight excluding hydrogens is 334 g/mol. The van der Waals surface area contributed by atoms with Crippen LogP contribution in [0, 0.1) is 0 Å². The van der Waals surface area contributed by atoms with Crippen molar-refractivity contribution in [1.82, 2.24) is 20.3 Å². The Morgan fingerprint density at radius 2 is 2.04 bits per heavy atom. The minimum Gasteiger partial charge on any atom is -0.354 e. The molecular formula is C18H15N5OS. The van der Waals surface area contributed by atoms with Gasteiger partial charge in [-0.05, 0) is 35.7 Å². The number of rotatable bonds is 5. The predicted molar refractivity (Wildman–Crippen MR) is 99.1 cm³/mol. The van der Waals surface area contributed by atoms with Gasteiger partial charge < -0.3 is 15.6 Å². The van der Waals surface area contributed by atoms with Gasteiger partial charge in [-0.25, -0.2) is 4.98 Å². The number of anilines is 2. The second-order valence-electron chi connectivity index (χ2n) is 5.39. The van der Waals surface area contributed by atoms with Crippen LogP contribution in [0.2, 0.25) is 0 Å². The summed E-state index contributed by atoms with van der Waals surface area (Å²) in [6, 6.07) is 11.4. The fraction of sp³-hybridized carbons (Fsp3) is 0.0556. The van der Waals surface area contributed by atoms with E-state index in [2.05, 4.69) is 25.6 Å². The van der Waals surface area contributed by atoms with E-state index in [1.165, 1.54) is 11.3 Å². The van der Waals surface area contributed by atoms with Crippen molar-refractivity contribution < 1.29 is 4.79 Å². The third-order valence-corrected chi connectivity index (χ3v) is 4.67. The number of thiophene rings is 1. The first kappa shape index (κ1) is 15.3. The first-order valence-electron chi connectivity index (χ1n) is 7.76. The number of carbonyl (C=O) groups is 1. The Labute approximate surface area is 148 Å². The van der Waals surface area contributed by atoms with Gasteiger partial charge in [-0.15, -0.1) is 11.3 Å². The largest absolute Gasteiger partial charge is 0.354 e. The lowest BCUT2D eigenvalue weighted by Crippen LogP contribution is -2.23. The zero-order valence-electron chi connectivity index (χ0n) is 13.2. The number of hydrogen-bond donors (Lipinski definition) is 3. The highest BCUT2D eigenvalue weighted by Crippen LogP contribution is 2.29. The van der Waals surface area contributed by atoms with Crippen molar-refractivity contribution in [1.29, 1.82) is 0 Å². The predicted octanol–water partition coefficient (Wildman–Crippen LogP) is 3.69. The Bertz CT molecular complexity index is 1010. The number of amides is 1. The number of pyridine rings is 2.